The number of benzene rings is 1. The van der Waals surface area contributed by atoms with Crippen LogP contribution in [-0.4, -0.2) is 32.7 Å². The summed E-state index contributed by atoms with van der Waals surface area (Å²) in [6.45, 7) is 5.70. The van der Waals surface area contributed by atoms with E-state index >= 15 is 0 Å². The summed E-state index contributed by atoms with van der Waals surface area (Å²) in [4.78, 5) is 13.4. The van der Waals surface area contributed by atoms with Gasteiger partial charge in [-0.2, -0.15) is 4.98 Å². The number of hydrogen-bond donors (Lipinski definition) is 3. The molecule has 0 aliphatic rings. The minimum absolute atomic E-state index is 0.0330. The molecule has 0 aliphatic heterocycles. The molecule has 2 aromatic heterocycles. The second-order valence-electron chi connectivity index (χ2n) is 6.94. The topological polar surface area (TPSA) is 83.0 Å². The summed E-state index contributed by atoms with van der Waals surface area (Å²) in [6.07, 6.45) is 1.70. The normalized spacial score (nSPS) is 12.1. The lowest BCUT2D eigenvalue weighted by Gasteiger charge is -2.20. The number of aryl methyl sites for hydroxylation is 1. The van der Waals surface area contributed by atoms with Crippen LogP contribution in [0.1, 0.15) is 19.4 Å². The van der Waals surface area contributed by atoms with Crippen LogP contribution >= 0.6 is 0 Å². The minimum Gasteiger partial charge on any atom is -0.394 e. The summed E-state index contributed by atoms with van der Waals surface area (Å²) in [5.74, 6) is 0.873. The average molecular weight is 381 g/mol. The number of halogens is 1. The van der Waals surface area contributed by atoms with Crippen molar-refractivity contribution < 1.29 is 9.50 Å². The van der Waals surface area contributed by atoms with Gasteiger partial charge in [-0.1, -0.05) is 19.9 Å². The first-order valence-corrected chi connectivity index (χ1v) is 9.17. The van der Waals surface area contributed by atoms with E-state index in [-0.39, 0.29) is 24.4 Å². The predicted molar refractivity (Wildman–Crippen MR) is 109 cm³/mol. The smallest absolute Gasteiger partial charge is 0.225 e. The molecule has 0 saturated carbocycles. The van der Waals surface area contributed by atoms with Gasteiger partial charge in [0.2, 0.25) is 5.95 Å². The van der Waals surface area contributed by atoms with Crippen molar-refractivity contribution in [3.05, 3.63) is 60.0 Å². The molecule has 1 atom stereocenters. The number of aromatic nitrogens is 3. The number of nitrogens with zero attached hydrogens (tertiary/aromatic N) is 3. The van der Waals surface area contributed by atoms with Crippen LogP contribution in [0.25, 0.3) is 11.4 Å². The molecule has 3 N–H and O–H groups in total. The summed E-state index contributed by atoms with van der Waals surface area (Å²) in [5, 5.41) is 16.0. The van der Waals surface area contributed by atoms with Crippen LogP contribution in [-0.2, 0) is 0 Å². The van der Waals surface area contributed by atoms with Crippen LogP contribution in [0.3, 0.4) is 0 Å². The number of aliphatic hydroxyl groups is 1. The van der Waals surface area contributed by atoms with E-state index in [0.717, 1.165) is 5.69 Å². The van der Waals surface area contributed by atoms with Crippen molar-refractivity contribution in [1.29, 1.82) is 0 Å². The lowest BCUT2D eigenvalue weighted by atomic mass is 10.1. The van der Waals surface area contributed by atoms with E-state index < -0.39 is 0 Å². The maximum Gasteiger partial charge on any atom is 0.225 e. The third-order valence-electron chi connectivity index (χ3n) is 4.40. The fourth-order valence-electron chi connectivity index (χ4n) is 2.68. The Balaban J connectivity index is 1.97. The largest absolute Gasteiger partial charge is 0.394 e. The molecule has 0 unspecified atom stereocenters. The Labute approximate surface area is 163 Å². The monoisotopic (exact) mass is 381 g/mol. The number of rotatable bonds is 7. The van der Waals surface area contributed by atoms with E-state index in [2.05, 4.69) is 25.6 Å². The van der Waals surface area contributed by atoms with Gasteiger partial charge < -0.3 is 15.7 Å². The van der Waals surface area contributed by atoms with Crippen molar-refractivity contribution in [3.63, 3.8) is 0 Å². The molecule has 28 heavy (non-hydrogen) atoms. The zero-order chi connectivity index (χ0) is 20.1. The Morgan fingerprint density at radius 1 is 1.07 bits per heavy atom. The van der Waals surface area contributed by atoms with Gasteiger partial charge in [-0.3, -0.25) is 4.98 Å². The molecular formula is C21H24FN5O. The summed E-state index contributed by atoms with van der Waals surface area (Å²) in [5.41, 5.74) is 2.61. The molecule has 0 saturated heterocycles. The van der Waals surface area contributed by atoms with E-state index in [1.807, 2.05) is 32.0 Å². The maximum atomic E-state index is 13.5. The zero-order valence-corrected chi connectivity index (χ0v) is 16.1. The van der Waals surface area contributed by atoms with Crippen molar-refractivity contribution in [1.82, 2.24) is 15.0 Å². The molecule has 3 rings (SSSR count). The van der Waals surface area contributed by atoms with E-state index in [1.54, 1.807) is 31.3 Å². The third kappa shape index (κ3) is 4.80. The molecule has 0 amide bonds. The fourth-order valence-corrected chi connectivity index (χ4v) is 2.68. The molecule has 6 nitrogen and oxygen atoms in total. The number of anilines is 3. The molecule has 7 heteroatoms. The molecular weight excluding hydrogens is 357 g/mol. The van der Waals surface area contributed by atoms with Gasteiger partial charge in [0.15, 0.2) is 0 Å². The number of aliphatic hydroxyl groups excluding tert-OH is 1. The van der Waals surface area contributed by atoms with Crippen molar-refractivity contribution in [3.8, 4) is 11.4 Å². The van der Waals surface area contributed by atoms with Gasteiger partial charge in [-0.25, -0.2) is 9.37 Å². The van der Waals surface area contributed by atoms with E-state index in [0.29, 0.717) is 28.7 Å². The molecule has 0 bridgehead atoms. The van der Waals surface area contributed by atoms with E-state index in [4.69, 9.17) is 0 Å². The highest BCUT2D eigenvalue weighted by atomic mass is 19.1. The molecule has 0 aliphatic carbocycles. The lowest BCUT2D eigenvalue weighted by Crippen LogP contribution is -2.30. The Hall–Kier alpha value is -3.06. The van der Waals surface area contributed by atoms with Crippen molar-refractivity contribution in [2.45, 2.75) is 26.8 Å². The van der Waals surface area contributed by atoms with Gasteiger partial charge in [-0.15, -0.1) is 0 Å². The number of hydrogen-bond acceptors (Lipinski definition) is 6. The summed E-state index contributed by atoms with van der Waals surface area (Å²) >= 11 is 0. The summed E-state index contributed by atoms with van der Waals surface area (Å²) < 4.78 is 13.5. The highest BCUT2D eigenvalue weighted by Crippen LogP contribution is 2.24. The molecule has 0 fully saturated rings. The highest BCUT2D eigenvalue weighted by Gasteiger charge is 2.15. The van der Waals surface area contributed by atoms with E-state index in [1.165, 1.54) is 6.07 Å². The first-order chi connectivity index (χ1) is 13.5. The molecule has 1 aromatic carbocycles. The second-order valence-corrected chi connectivity index (χ2v) is 6.94. The molecule has 0 spiro atoms. The summed E-state index contributed by atoms with van der Waals surface area (Å²) in [7, 11) is 0. The minimum atomic E-state index is -0.257. The van der Waals surface area contributed by atoms with Gasteiger partial charge in [0.25, 0.3) is 0 Å². The SMILES string of the molecule is Cc1cc(Nc2cc(-c3ccccn3)nc(N[C@H](CO)C(C)C)n2)ccc1F. The Morgan fingerprint density at radius 3 is 2.54 bits per heavy atom. The summed E-state index contributed by atoms with van der Waals surface area (Å²) in [6, 6.07) is 12.0. The highest BCUT2D eigenvalue weighted by molar-refractivity contribution is 5.65. The predicted octanol–water partition coefficient (Wildman–Crippen LogP) is 4.16. The molecule has 146 valence electrons. The lowest BCUT2D eigenvalue weighted by molar-refractivity contribution is 0.248. The first kappa shape index (κ1) is 19.7. The van der Waals surface area contributed by atoms with E-state index in [9.17, 15) is 9.50 Å². The third-order valence-corrected chi connectivity index (χ3v) is 4.40. The molecule has 3 aromatic rings. The van der Waals surface area contributed by atoms with Crippen LogP contribution in [0, 0.1) is 18.7 Å². The number of pyridine rings is 1. The van der Waals surface area contributed by atoms with Crippen LogP contribution in [0.5, 0.6) is 0 Å². The standard InChI is InChI=1S/C21H24FN5O/c1-13(2)19(12-28)26-21-25-18(17-6-4-5-9-23-17)11-20(27-21)24-15-7-8-16(22)14(3)10-15/h4-11,13,19,28H,12H2,1-3H3,(H2,24,25,26,27)/t19-/m1/s1. The van der Waals surface area contributed by atoms with Crippen molar-refractivity contribution in [2.75, 3.05) is 17.2 Å². The number of nitrogens with one attached hydrogen (secondary N) is 2. The quantitative estimate of drug-likeness (QED) is 0.570. The Kier molecular flexibility index (Phi) is 6.16. The van der Waals surface area contributed by atoms with Crippen molar-refractivity contribution in [2.24, 2.45) is 5.92 Å². The van der Waals surface area contributed by atoms with Crippen LogP contribution < -0.4 is 10.6 Å². The van der Waals surface area contributed by atoms with Gasteiger partial charge in [-0.05, 0) is 48.7 Å². The van der Waals surface area contributed by atoms with Crippen LogP contribution in [0.4, 0.5) is 21.8 Å². The van der Waals surface area contributed by atoms with Crippen molar-refractivity contribution >= 4 is 17.5 Å². The molecule has 2 heterocycles. The van der Waals surface area contributed by atoms with Gasteiger partial charge in [0, 0.05) is 18.0 Å². The van der Waals surface area contributed by atoms with Gasteiger partial charge in [0.05, 0.1) is 24.0 Å². The van der Waals surface area contributed by atoms with Crippen LogP contribution in [0.2, 0.25) is 0 Å². The van der Waals surface area contributed by atoms with Gasteiger partial charge >= 0.3 is 0 Å². The van der Waals surface area contributed by atoms with Gasteiger partial charge in [0.1, 0.15) is 11.6 Å². The fraction of sp³-hybridized carbons (Fsp3) is 0.286. The first-order valence-electron chi connectivity index (χ1n) is 9.17. The zero-order valence-electron chi connectivity index (χ0n) is 16.1. The molecule has 0 radical (unpaired) electrons. The van der Waals surface area contributed by atoms with Crippen LogP contribution in [0.15, 0.2) is 48.7 Å². The maximum absolute atomic E-state index is 13.5. The second kappa shape index (κ2) is 8.75. The average Bonchev–Trinajstić information content (AvgIpc) is 2.69. The Morgan fingerprint density at radius 2 is 1.89 bits per heavy atom. The Bertz CT molecular complexity index is 933.